The highest BCUT2D eigenvalue weighted by Crippen LogP contribution is 2.36. The van der Waals surface area contributed by atoms with Crippen LogP contribution in [0.15, 0.2) is 0 Å². The third kappa shape index (κ3) is 3.72. The number of rotatable bonds is 5. The van der Waals surface area contributed by atoms with Gasteiger partial charge < -0.3 is 5.32 Å². The summed E-state index contributed by atoms with van der Waals surface area (Å²) in [6.45, 7) is 6.28. The largest absolute Gasteiger partial charge is 0.316 e. The number of hydrogen-bond donors (Lipinski definition) is 1. The molecular weight excluding hydrogens is 232 g/mol. The lowest BCUT2D eigenvalue weighted by Gasteiger charge is -2.39. The van der Waals surface area contributed by atoms with Crippen molar-refractivity contribution in [1.82, 2.24) is 10.2 Å². The zero-order valence-corrected chi connectivity index (χ0v) is 12.7. The fourth-order valence-electron chi connectivity index (χ4n) is 4.27. The van der Waals surface area contributed by atoms with E-state index in [-0.39, 0.29) is 0 Å². The Morgan fingerprint density at radius 2 is 1.58 bits per heavy atom. The molecule has 0 amide bonds. The van der Waals surface area contributed by atoms with Crippen LogP contribution in [0.3, 0.4) is 0 Å². The average Bonchev–Trinajstić information content (AvgIpc) is 3.31. The second kappa shape index (κ2) is 6.58. The lowest BCUT2D eigenvalue weighted by Crippen LogP contribution is -2.45. The Hall–Kier alpha value is -0.0800. The Bertz CT molecular complexity index is 260. The smallest absolute Gasteiger partial charge is 0.00994 e. The predicted molar refractivity (Wildman–Crippen MR) is 81.4 cm³/mol. The van der Waals surface area contributed by atoms with Crippen molar-refractivity contribution in [3.63, 3.8) is 0 Å². The van der Waals surface area contributed by atoms with Crippen LogP contribution in [-0.2, 0) is 0 Å². The van der Waals surface area contributed by atoms with E-state index in [0.717, 1.165) is 23.9 Å². The zero-order valence-electron chi connectivity index (χ0n) is 12.7. The lowest BCUT2D eigenvalue weighted by molar-refractivity contribution is 0.102. The fraction of sp³-hybridized carbons (Fsp3) is 1.00. The normalized spacial score (nSPS) is 36.6. The quantitative estimate of drug-likeness (QED) is 0.818. The van der Waals surface area contributed by atoms with Crippen molar-refractivity contribution in [3.05, 3.63) is 0 Å². The van der Waals surface area contributed by atoms with Crippen LogP contribution >= 0.6 is 0 Å². The molecular formula is C17H32N2. The van der Waals surface area contributed by atoms with Gasteiger partial charge in [-0.05, 0) is 76.3 Å². The second-order valence-corrected chi connectivity index (χ2v) is 7.22. The maximum absolute atomic E-state index is 3.59. The molecule has 2 aliphatic carbocycles. The summed E-state index contributed by atoms with van der Waals surface area (Å²) in [5, 5.41) is 3.59. The molecule has 3 fully saturated rings. The van der Waals surface area contributed by atoms with Crippen molar-refractivity contribution in [3.8, 4) is 0 Å². The van der Waals surface area contributed by atoms with E-state index in [1.807, 2.05) is 0 Å². The van der Waals surface area contributed by atoms with Crippen molar-refractivity contribution in [2.75, 3.05) is 19.6 Å². The van der Waals surface area contributed by atoms with Gasteiger partial charge in [-0.15, -0.1) is 0 Å². The highest BCUT2D eigenvalue weighted by atomic mass is 15.2. The predicted octanol–water partition coefficient (Wildman–Crippen LogP) is 3.42. The van der Waals surface area contributed by atoms with Gasteiger partial charge in [-0.2, -0.15) is 0 Å². The van der Waals surface area contributed by atoms with E-state index in [9.17, 15) is 0 Å². The highest BCUT2D eigenvalue weighted by Gasteiger charge is 2.36. The highest BCUT2D eigenvalue weighted by molar-refractivity contribution is 4.92. The van der Waals surface area contributed by atoms with Crippen LogP contribution in [0, 0.1) is 11.8 Å². The van der Waals surface area contributed by atoms with E-state index in [0.29, 0.717) is 0 Å². The third-order valence-corrected chi connectivity index (χ3v) is 5.75. The number of nitrogens with zero attached hydrogens (tertiary/aromatic N) is 1. The molecule has 0 aromatic rings. The summed E-state index contributed by atoms with van der Waals surface area (Å²) in [4.78, 5) is 2.93. The molecule has 0 aromatic carbocycles. The van der Waals surface area contributed by atoms with Crippen LogP contribution in [0.25, 0.3) is 0 Å². The topological polar surface area (TPSA) is 15.3 Å². The standard InChI is InChI=1S/C17H32N2/c1-2-14-5-7-16(8-6-14)19(17-9-10-17)13-15-4-3-11-18-12-15/h14-18H,2-13H2,1H3. The van der Waals surface area contributed by atoms with Crippen molar-refractivity contribution >= 4 is 0 Å². The van der Waals surface area contributed by atoms with E-state index in [1.54, 1.807) is 0 Å². The van der Waals surface area contributed by atoms with Gasteiger partial charge in [0.15, 0.2) is 0 Å². The molecule has 1 heterocycles. The molecule has 3 aliphatic rings. The van der Waals surface area contributed by atoms with Crippen LogP contribution in [-0.4, -0.2) is 36.6 Å². The van der Waals surface area contributed by atoms with Gasteiger partial charge in [0.25, 0.3) is 0 Å². The number of hydrogen-bond acceptors (Lipinski definition) is 2. The monoisotopic (exact) mass is 264 g/mol. The molecule has 1 N–H and O–H groups in total. The molecule has 3 rings (SSSR count). The number of piperidine rings is 1. The summed E-state index contributed by atoms with van der Waals surface area (Å²) >= 11 is 0. The molecule has 0 radical (unpaired) electrons. The summed E-state index contributed by atoms with van der Waals surface area (Å²) in [7, 11) is 0. The van der Waals surface area contributed by atoms with Gasteiger partial charge in [-0.3, -0.25) is 4.90 Å². The summed E-state index contributed by atoms with van der Waals surface area (Å²) in [6, 6.07) is 1.89. The maximum Gasteiger partial charge on any atom is 0.00994 e. The van der Waals surface area contributed by atoms with Crippen LogP contribution in [0.2, 0.25) is 0 Å². The average molecular weight is 264 g/mol. The lowest BCUT2D eigenvalue weighted by atomic mass is 9.83. The second-order valence-electron chi connectivity index (χ2n) is 7.22. The first-order chi connectivity index (χ1) is 9.36. The SMILES string of the molecule is CCC1CCC(N(CC2CCCNC2)C2CC2)CC1. The van der Waals surface area contributed by atoms with Gasteiger partial charge in [-0.1, -0.05) is 13.3 Å². The van der Waals surface area contributed by atoms with Crippen LogP contribution in [0.1, 0.15) is 64.7 Å². The van der Waals surface area contributed by atoms with Crippen LogP contribution in [0.4, 0.5) is 0 Å². The molecule has 2 heteroatoms. The van der Waals surface area contributed by atoms with Crippen molar-refractivity contribution in [2.24, 2.45) is 11.8 Å². The molecule has 110 valence electrons. The zero-order chi connectivity index (χ0) is 13.1. The Morgan fingerprint density at radius 3 is 2.11 bits per heavy atom. The van der Waals surface area contributed by atoms with Gasteiger partial charge in [-0.25, -0.2) is 0 Å². The first-order valence-corrected chi connectivity index (χ1v) is 8.83. The van der Waals surface area contributed by atoms with Gasteiger partial charge in [0, 0.05) is 18.6 Å². The van der Waals surface area contributed by atoms with Crippen LogP contribution < -0.4 is 5.32 Å². The van der Waals surface area contributed by atoms with E-state index in [1.165, 1.54) is 77.4 Å². The molecule has 19 heavy (non-hydrogen) atoms. The maximum atomic E-state index is 3.59. The Morgan fingerprint density at radius 1 is 0.895 bits per heavy atom. The summed E-state index contributed by atoms with van der Waals surface area (Å²) in [6.07, 6.45) is 13.2. The minimum absolute atomic E-state index is 0.928. The first-order valence-electron chi connectivity index (χ1n) is 8.83. The molecule has 1 unspecified atom stereocenters. The van der Waals surface area contributed by atoms with Crippen molar-refractivity contribution in [2.45, 2.75) is 76.8 Å². The van der Waals surface area contributed by atoms with Gasteiger partial charge in [0.05, 0.1) is 0 Å². The first kappa shape index (κ1) is 13.9. The van der Waals surface area contributed by atoms with Gasteiger partial charge >= 0.3 is 0 Å². The summed E-state index contributed by atoms with van der Waals surface area (Å²) in [5.74, 6) is 1.96. The molecule has 0 aromatic heterocycles. The van der Waals surface area contributed by atoms with Crippen molar-refractivity contribution in [1.29, 1.82) is 0 Å². The molecule has 1 saturated heterocycles. The summed E-state index contributed by atoms with van der Waals surface area (Å²) in [5.41, 5.74) is 0. The molecule has 1 aliphatic heterocycles. The van der Waals surface area contributed by atoms with Gasteiger partial charge in [0.2, 0.25) is 0 Å². The number of nitrogens with one attached hydrogen (secondary N) is 1. The third-order valence-electron chi connectivity index (χ3n) is 5.75. The molecule has 0 spiro atoms. The Kier molecular flexibility index (Phi) is 4.81. The Balaban J connectivity index is 1.52. The van der Waals surface area contributed by atoms with E-state index >= 15 is 0 Å². The molecule has 0 bridgehead atoms. The van der Waals surface area contributed by atoms with E-state index in [2.05, 4.69) is 17.1 Å². The summed E-state index contributed by atoms with van der Waals surface area (Å²) < 4.78 is 0. The minimum atomic E-state index is 0.928. The minimum Gasteiger partial charge on any atom is -0.316 e. The molecule has 2 saturated carbocycles. The van der Waals surface area contributed by atoms with Crippen molar-refractivity contribution < 1.29 is 0 Å². The van der Waals surface area contributed by atoms with Gasteiger partial charge in [0.1, 0.15) is 0 Å². The molecule has 1 atom stereocenters. The fourth-order valence-corrected chi connectivity index (χ4v) is 4.27. The Labute approximate surface area is 119 Å². The van der Waals surface area contributed by atoms with E-state index in [4.69, 9.17) is 0 Å². The van der Waals surface area contributed by atoms with Crippen LogP contribution in [0.5, 0.6) is 0 Å². The van der Waals surface area contributed by atoms with E-state index < -0.39 is 0 Å². The molecule has 2 nitrogen and oxygen atoms in total.